The molecule has 2 aromatic rings. The van der Waals surface area contributed by atoms with Crippen molar-refractivity contribution in [2.75, 3.05) is 7.11 Å². The van der Waals surface area contributed by atoms with Gasteiger partial charge in [0.05, 0.1) is 12.7 Å². The average molecular weight is 307 g/mol. The number of hydrogen-bond acceptors (Lipinski definition) is 3. The SMILES string of the molecule is CCc1cc(CNC(=O)c2cccnc2)ccc1OC.Cl. The van der Waals surface area contributed by atoms with Crippen LogP contribution in [0.15, 0.2) is 42.7 Å². The number of nitrogens with one attached hydrogen (secondary N) is 1. The Morgan fingerprint density at radius 3 is 2.76 bits per heavy atom. The minimum absolute atomic E-state index is 0. The van der Waals surface area contributed by atoms with E-state index in [1.165, 1.54) is 0 Å². The van der Waals surface area contributed by atoms with Crippen LogP contribution in [-0.4, -0.2) is 18.0 Å². The molecule has 0 aliphatic rings. The molecule has 2 rings (SSSR count). The van der Waals surface area contributed by atoms with Crippen molar-refractivity contribution in [1.29, 1.82) is 0 Å². The fourth-order valence-electron chi connectivity index (χ4n) is 2.00. The number of halogens is 1. The van der Waals surface area contributed by atoms with Crippen molar-refractivity contribution in [2.45, 2.75) is 19.9 Å². The molecule has 5 heteroatoms. The number of nitrogens with zero attached hydrogens (tertiary/aromatic N) is 1. The molecule has 1 amide bonds. The van der Waals surface area contributed by atoms with Gasteiger partial charge in [-0.05, 0) is 35.7 Å². The highest BCUT2D eigenvalue weighted by Crippen LogP contribution is 2.20. The van der Waals surface area contributed by atoms with Crippen molar-refractivity contribution in [3.63, 3.8) is 0 Å². The molecule has 0 spiro atoms. The topological polar surface area (TPSA) is 51.2 Å². The Morgan fingerprint density at radius 2 is 2.14 bits per heavy atom. The summed E-state index contributed by atoms with van der Waals surface area (Å²) in [5.41, 5.74) is 2.76. The maximum Gasteiger partial charge on any atom is 0.253 e. The Labute approximate surface area is 131 Å². The molecule has 1 aromatic heterocycles. The molecule has 0 unspecified atom stereocenters. The van der Waals surface area contributed by atoms with Crippen LogP contribution < -0.4 is 10.1 Å². The van der Waals surface area contributed by atoms with Gasteiger partial charge in [0.2, 0.25) is 0 Å². The molecule has 0 aliphatic carbocycles. The molecule has 0 atom stereocenters. The second-order valence-corrected chi connectivity index (χ2v) is 4.42. The number of amides is 1. The lowest BCUT2D eigenvalue weighted by Crippen LogP contribution is -2.22. The number of hydrogen-bond donors (Lipinski definition) is 1. The molecule has 112 valence electrons. The van der Waals surface area contributed by atoms with E-state index in [9.17, 15) is 4.79 Å². The normalized spacial score (nSPS) is 9.62. The standard InChI is InChI=1S/C16H18N2O2.ClH/c1-3-13-9-12(6-7-15(13)20-2)10-18-16(19)14-5-4-8-17-11-14;/h4-9,11H,3,10H2,1-2H3,(H,18,19);1H. The second-order valence-electron chi connectivity index (χ2n) is 4.42. The van der Waals surface area contributed by atoms with Gasteiger partial charge >= 0.3 is 0 Å². The van der Waals surface area contributed by atoms with Crippen molar-refractivity contribution in [1.82, 2.24) is 10.3 Å². The van der Waals surface area contributed by atoms with Gasteiger partial charge < -0.3 is 10.1 Å². The van der Waals surface area contributed by atoms with Gasteiger partial charge in [-0.15, -0.1) is 12.4 Å². The van der Waals surface area contributed by atoms with Gasteiger partial charge in [-0.1, -0.05) is 19.1 Å². The Morgan fingerprint density at radius 1 is 1.33 bits per heavy atom. The van der Waals surface area contributed by atoms with E-state index in [4.69, 9.17) is 4.74 Å². The number of methoxy groups -OCH3 is 1. The smallest absolute Gasteiger partial charge is 0.253 e. The van der Waals surface area contributed by atoms with E-state index < -0.39 is 0 Å². The van der Waals surface area contributed by atoms with Gasteiger partial charge in [-0.2, -0.15) is 0 Å². The summed E-state index contributed by atoms with van der Waals surface area (Å²) >= 11 is 0. The second kappa shape index (κ2) is 8.27. The van der Waals surface area contributed by atoms with Crippen LogP contribution in [0, 0.1) is 0 Å². The molecule has 0 saturated carbocycles. The van der Waals surface area contributed by atoms with Crippen LogP contribution in [0.3, 0.4) is 0 Å². The van der Waals surface area contributed by atoms with E-state index in [0.717, 1.165) is 23.3 Å². The van der Waals surface area contributed by atoms with Gasteiger partial charge in [0.25, 0.3) is 5.91 Å². The van der Waals surface area contributed by atoms with Crippen molar-refractivity contribution < 1.29 is 9.53 Å². The van der Waals surface area contributed by atoms with Crippen LogP contribution in [0.5, 0.6) is 5.75 Å². The number of aryl methyl sites for hydroxylation is 1. The first-order chi connectivity index (χ1) is 9.74. The highest BCUT2D eigenvalue weighted by molar-refractivity contribution is 5.93. The fraction of sp³-hybridized carbons (Fsp3) is 0.250. The minimum Gasteiger partial charge on any atom is -0.496 e. The Bertz CT molecular complexity index is 588. The van der Waals surface area contributed by atoms with Crippen LogP contribution in [0.4, 0.5) is 0 Å². The lowest BCUT2D eigenvalue weighted by molar-refractivity contribution is 0.0950. The van der Waals surface area contributed by atoms with Gasteiger partial charge in [0, 0.05) is 18.9 Å². The van der Waals surface area contributed by atoms with Crippen molar-refractivity contribution in [2.24, 2.45) is 0 Å². The number of rotatable bonds is 5. The molecule has 1 heterocycles. The van der Waals surface area contributed by atoms with Crippen LogP contribution in [0.2, 0.25) is 0 Å². The number of aromatic nitrogens is 1. The molecule has 0 aliphatic heterocycles. The summed E-state index contributed by atoms with van der Waals surface area (Å²) < 4.78 is 5.29. The van der Waals surface area contributed by atoms with E-state index >= 15 is 0 Å². The summed E-state index contributed by atoms with van der Waals surface area (Å²) in [6.45, 7) is 2.57. The Kier molecular flexibility index (Phi) is 6.69. The summed E-state index contributed by atoms with van der Waals surface area (Å²) in [6.07, 6.45) is 4.10. The molecule has 4 nitrogen and oxygen atoms in total. The monoisotopic (exact) mass is 306 g/mol. The maximum absolute atomic E-state index is 11.9. The van der Waals surface area contributed by atoms with Crippen molar-refractivity contribution in [3.8, 4) is 5.75 Å². The van der Waals surface area contributed by atoms with E-state index in [2.05, 4.69) is 23.3 Å². The summed E-state index contributed by atoms with van der Waals surface area (Å²) in [7, 11) is 1.67. The Balaban J connectivity index is 0.00000220. The predicted molar refractivity (Wildman–Crippen MR) is 85.0 cm³/mol. The van der Waals surface area contributed by atoms with Crippen LogP contribution in [-0.2, 0) is 13.0 Å². The third-order valence-corrected chi connectivity index (χ3v) is 3.10. The third kappa shape index (κ3) is 4.46. The van der Waals surface area contributed by atoms with Crippen LogP contribution in [0.1, 0.15) is 28.4 Å². The molecule has 0 bridgehead atoms. The molecule has 0 radical (unpaired) electrons. The lowest BCUT2D eigenvalue weighted by Gasteiger charge is -2.10. The van der Waals surface area contributed by atoms with E-state index in [1.54, 1.807) is 31.6 Å². The quantitative estimate of drug-likeness (QED) is 0.924. The van der Waals surface area contributed by atoms with Crippen molar-refractivity contribution >= 4 is 18.3 Å². The molecule has 0 fully saturated rings. The fourth-order valence-corrected chi connectivity index (χ4v) is 2.00. The highest BCUT2D eigenvalue weighted by atomic mass is 35.5. The summed E-state index contributed by atoms with van der Waals surface area (Å²) in [5.74, 6) is 0.766. The zero-order chi connectivity index (χ0) is 14.4. The van der Waals surface area contributed by atoms with Gasteiger partial charge in [-0.25, -0.2) is 0 Å². The predicted octanol–water partition coefficient (Wildman–Crippen LogP) is 3.00. The third-order valence-electron chi connectivity index (χ3n) is 3.10. The number of ether oxygens (including phenoxy) is 1. The van der Waals surface area contributed by atoms with E-state index in [0.29, 0.717) is 12.1 Å². The first kappa shape index (κ1) is 17.0. The van der Waals surface area contributed by atoms with Gasteiger partial charge in [0.15, 0.2) is 0 Å². The molecule has 0 saturated heterocycles. The summed E-state index contributed by atoms with van der Waals surface area (Å²) in [5, 5.41) is 2.88. The van der Waals surface area contributed by atoms with Gasteiger partial charge in [0.1, 0.15) is 5.75 Å². The van der Waals surface area contributed by atoms with Crippen LogP contribution in [0.25, 0.3) is 0 Å². The minimum atomic E-state index is -0.119. The number of carbonyl (C=O) groups excluding carboxylic acids is 1. The largest absolute Gasteiger partial charge is 0.496 e. The molecule has 1 aromatic carbocycles. The lowest BCUT2D eigenvalue weighted by atomic mass is 10.1. The van der Waals surface area contributed by atoms with Crippen LogP contribution >= 0.6 is 12.4 Å². The average Bonchev–Trinajstić information content (AvgIpc) is 2.53. The maximum atomic E-state index is 11.9. The van der Waals surface area contributed by atoms with Crippen molar-refractivity contribution in [3.05, 3.63) is 59.4 Å². The zero-order valence-electron chi connectivity index (χ0n) is 12.1. The Hall–Kier alpha value is -2.07. The number of carbonyl (C=O) groups is 1. The van der Waals surface area contributed by atoms with Gasteiger partial charge in [-0.3, -0.25) is 9.78 Å². The summed E-state index contributed by atoms with van der Waals surface area (Å²) in [6, 6.07) is 9.44. The highest BCUT2D eigenvalue weighted by Gasteiger charge is 2.06. The van der Waals surface area contributed by atoms with E-state index in [-0.39, 0.29) is 18.3 Å². The zero-order valence-corrected chi connectivity index (χ0v) is 12.9. The number of pyridine rings is 1. The van der Waals surface area contributed by atoms with E-state index in [1.807, 2.05) is 12.1 Å². The molecule has 1 N–H and O–H groups in total. The molecular weight excluding hydrogens is 288 g/mol. The molecular formula is C16H19ClN2O2. The first-order valence-corrected chi connectivity index (χ1v) is 6.58. The first-order valence-electron chi connectivity index (χ1n) is 6.58. The number of benzene rings is 1. The summed E-state index contributed by atoms with van der Waals surface area (Å²) in [4.78, 5) is 15.9. The molecule has 21 heavy (non-hydrogen) atoms.